The van der Waals surface area contributed by atoms with E-state index in [0.29, 0.717) is 25.1 Å². The van der Waals surface area contributed by atoms with E-state index < -0.39 is 11.4 Å². The highest BCUT2D eigenvalue weighted by Gasteiger charge is 2.26. The Balaban J connectivity index is 1.73. The Kier molecular flexibility index (Phi) is 4.65. The van der Waals surface area contributed by atoms with Crippen molar-refractivity contribution in [2.75, 3.05) is 0 Å². The molecule has 0 spiro atoms. The van der Waals surface area contributed by atoms with E-state index in [9.17, 15) is 19.5 Å². The lowest BCUT2D eigenvalue weighted by Gasteiger charge is -2.21. The van der Waals surface area contributed by atoms with Crippen LogP contribution in [0.5, 0.6) is 0 Å². The van der Waals surface area contributed by atoms with Crippen molar-refractivity contribution in [1.29, 1.82) is 0 Å². The second kappa shape index (κ2) is 7.27. The monoisotopic (exact) mass is 373 g/mol. The largest absolute Gasteiger partial charge is 0.477 e. The molecule has 1 aliphatic rings. The van der Waals surface area contributed by atoms with E-state index in [-0.39, 0.29) is 23.3 Å². The number of aromatic carboxylic acids is 1. The van der Waals surface area contributed by atoms with Crippen LogP contribution in [0.2, 0.25) is 0 Å². The van der Waals surface area contributed by atoms with Gasteiger partial charge in [-0.25, -0.2) is 4.79 Å². The van der Waals surface area contributed by atoms with Crippen molar-refractivity contribution in [3.63, 3.8) is 0 Å². The van der Waals surface area contributed by atoms with E-state index in [4.69, 9.17) is 0 Å². The van der Waals surface area contributed by atoms with Gasteiger partial charge in [-0.3, -0.25) is 9.59 Å². The fourth-order valence-electron chi connectivity index (χ4n) is 3.72. The summed E-state index contributed by atoms with van der Waals surface area (Å²) >= 11 is 0. The molecule has 1 N–H and O–H groups in total. The lowest BCUT2D eigenvalue weighted by atomic mass is 9.92. The van der Waals surface area contributed by atoms with Gasteiger partial charge in [0.15, 0.2) is 5.78 Å². The van der Waals surface area contributed by atoms with E-state index in [1.807, 2.05) is 54.6 Å². The molecule has 5 heteroatoms. The van der Waals surface area contributed by atoms with Crippen molar-refractivity contribution in [3.05, 3.63) is 93.4 Å². The van der Waals surface area contributed by atoms with Crippen molar-refractivity contribution in [2.45, 2.75) is 25.8 Å². The minimum absolute atomic E-state index is 0.0482. The molecule has 0 aliphatic heterocycles. The van der Waals surface area contributed by atoms with E-state index in [0.717, 1.165) is 16.7 Å². The molecule has 0 bridgehead atoms. The van der Waals surface area contributed by atoms with Gasteiger partial charge in [-0.1, -0.05) is 54.6 Å². The Morgan fingerprint density at radius 3 is 2.29 bits per heavy atom. The molecule has 0 saturated carbocycles. The summed E-state index contributed by atoms with van der Waals surface area (Å²) in [4.78, 5) is 36.2. The van der Waals surface area contributed by atoms with Crippen LogP contribution in [0.3, 0.4) is 0 Å². The molecule has 3 aromatic rings. The minimum atomic E-state index is -1.31. The van der Waals surface area contributed by atoms with Crippen LogP contribution in [0.15, 0.2) is 65.6 Å². The molecule has 1 aromatic heterocycles. The van der Waals surface area contributed by atoms with Gasteiger partial charge in [0.05, 0.1) is 5.56 Å². The number of carboxylic acid groups (broad SMARTS) is 1. The Labute approximate surface area is 161 Å². The molecule has 0 fully saturated rings. The molecule has 0 radical (unpaired) electrons. The predicted octanol–water partition coefficient (Wildman–Crippen LogP) is 3.78. The first kappa shape index (κ1) is 17.9. The van der Waals surface area contributed by atoms with Gasteiger partial charge in [-0.05, 0) is 29.5 Å². The molecule has 5 nitrogen and oxygen atoms in total. The standard InChI is InChI=1S/C23H19NO4/c25-20-8-4-7-19-21(20)22(26)18(23(27)28)14-24(19)13-15-9-11-17(12-10-15)16-5-2-1-3-6-16/h1-3,5-6,9-12,14H,4,7-8,13H2,(H,27,28). The SMILES string of the molecule is O=C(O)c1cn(Cc2ccc(-c3ccccc3)cc2)c2c(c1=O)C(=O)CCC2. The maximum atomic E-state index is 12.5. The molecular weight excluding hydrogens is 354 g/mol. The lowest BCUT2D eigenvalue weighted by Crippen LogP contribution is -2.31. The first-order valence-corrected chi connectivity index (χ1v) is 9.22. The number of hydrogen-bond donors (Lipinski definition) is 1. The normalized spacial score (nSPS) is 13.2. The molecule has 1 aliphatic carbocycles. The number of rotatable bonds is 4. The molecule has 0 unspecified atom stereocenters. The summed E-state index contributed by atoms with van der Waals surface area (Å²) in [5.74, 6) is -1.57. The van der Waals surface area contributed by atoms with Crippen LogP contribution in [0.1, 0.15) is 44.8 Å². The Morgan fingerprint density at radius 1 is 0.929 bits per heavy atom. The molecule has 2 aromatic carbocycles. The third kappa shape index (κ3) is 3.27. The number of ketones is 1. The fourth-order valence-corrected chi connectivity index (χ4v) is 3.72. The Morgan fingerprint density at radius 2 is 1.61 bits per heavy atom. The van der Waals surface area contributed by atoms with Gasteiger partial charge >= 0.3 is 5.97 Å². The lowest BCUT2D eigenvalue weighted by molar-refractivity contribution is 0.0694. The number of carbonyl (C=O) groups excluding carboxylic acids is 1. The van der Waals surface area contributed by atoms with Crippen LogP contribution in [-0.2, 0) is 13.0 Å². The van der Waals surface area contributed by atoms with E-state index in [1.165, 1.54) is 6.20 Å². The second-order valence-electron chi connectivity index (χ2n) is 6.97. The van der Waals surface area contributed by atoms with Crippen LogP contribution >= 0.6 is 0 Å². The second-order valence-corrected chi connectivity index (χ2v) is 6.97. The highest BCUT2D eigenvalue weighted by molar-refractivity contribution is 6.00. The number of aromatic nitrogens is 1. The zero-order chi connectivity index (χ0) is 19.7. The number of Topliss-reactive ketones (excluding diaryl/α,β-unsaturated/α-hetero) is 1. The maximum absolute atomic E-state index is 12.5. The number of hydrogen-bond acceptors (Lipinski definition) is 3. The first-order chi connectivity index (χ1) is 13.5. The van der Waals surface area contributed by atoms with Crippen LogP contribution in [-0.4, -0.2) is 21.4 Å². The van der Waals surface area contributed by atoms with Crippen molar-refractivity contribution in [1.82, 2.24) is 4.57 Å². The number of nitrogens with zero attached hydrogens (tertiary/aromatic N) is 1. The highest BCUT2D eigenvalue weighted by Crippen LogP contribution is 2.22. The fraction of sp³-hybridized carbons (Fsp3) is 0.174. The van der Waals surface area contributed by atoms with Crippen molar-refractivity contribution in [3.8, 4) is 11.1 Å². The molecule has 1 heterocycles. The highest BCUT2D eigenvalue weighted by atomic mass is 16.4. The molecule has 0 amide bonds. The molecule has 140 valence electrons. The van der Waals surface area contributed by atoms with Gasteiger partial charge in [0, 0.05) is 24.9 Å². The third-order valence-corrected chi connectivity index (χ3v) is 5.13. The van der Waals surface area contributed by atoms with E-state index in [2.05, 4.69) is 0 Å². The molecule has 4 rings (SSSR count). The summed E-state index contributed by atoms with van der Waals surface area (Å²) in [6.07, 6.45) is 2.92. The number of pyridine rings is 1. The topological polar surface area (TPSA) is 76.4 Å². The van der Waals surface area contributed by atoms with Gasteiger partial charge in [-0.2, -0.15) is 0 Å². The third-order valence-electron chi connectivity index (χ3n) is 5.13. The van der Waals surface area contributed by atoms with E-state index in [1.54, 1.807) is 4.57 Å². The predicted molar refractivity (Wildman–Crippen MR) is 106 cm³/mol. The smallest absolute Gasteiger partial charge is 0.341 e. The quantitative estimate of drug-likeness (QED) is 0.755. The number of fused-ring (bicyclic) bond motifs is 1. The van der Waals surface area contributed by atoms with Crippen molar-refractivity contribution >= 4 is 11.8 Å². The van der Waals surface area contributed by atoms with Crippen molar-refractivity contribution < 1.29 is 14.7 Å². The van der Waals surface area contributed by atoms with Gasteiger partial charge in [0.25, 0.3) is 0 Å². The Hall–Kier alpha value is -3.47. The zero-order valence-corrected chi connectivity index (χ0v) is 15.2. The summed E-state index contributed by atoms with van der Waals surface area (Å²) in [6.45, 7) is 0.408. The maximum Gasteiger partial charge on any atom is 0.341 e. The summed E-state index contributed by atoms with van der Waals surface area (Å²) < 4.78 is 1.74. The van der Waals surface area contributed by atoms with E-state index >= 15 is 0 Å². The molecule has 0 saturated heterocycles. The van der Waals surface area contributed by atoms with Crippen LogP contribution in [0, 0.1) is 0 Å². The summed E-state index contributed by atoms with van der Waals surface area (Å²) in [6, 6.07) is 18.0. The summed E-state index contributed by atoms with van der Waals surface area (Å²) in [5.41, 5.74) is 2.85. The number of carbonyl (C=O) groups is 2. The number of carboxylic acids is 1. The first-order valence-electron chi connectivity index (χ1n) is 9.22. The number of benzene rings is 2. The Bertz CT molecular complexity index is 1110. The van der Waals surface area contributed by atoms with Crippen LogP contribution < -0.4 is 5.43 Å². The average molecular weight is 373 g/mol. The van der Waals surface area contributed by atoms with Crippen molar-refractivity contribution in [2.24, 2.45) is 0 Å². The molecular formula is C23H19NO4. The van der Waals surface area contributed by atoms with Gasteiger partial charge < -0.3 is 9.67 Å². The molecule has 0 atom stereocenters. The summed E-state index contributed by atoms with van der Waals surface area (Å²) in [5, 5.41) is 9.38. The summed E-state index contributed by atoms with van der Waals surface area (Å²) in [7, 11) is 0. The average Bonchev–Trinajstić information content (AvgIpc) is 2.71. The zero-order valence-electron chi connectivity index (χ0n) is 15.2. The van der Waals surface area contributed by atoms with Gasteiger partial charge in [-0.15, -0.1) is 0 Å². The van der Waals surface area contributed by atoms with Crippen LogP contribution in [0.4, 0.5) is 0 Å². The minimum Gasteiger partial charge on any atom is -0.477 e. The van der Waals surface area contributed by atoms with Gasteiger partial charge in [0.2, 0.25) is 5.43 Å². The molecule has 28 heavy (non-hydrogen) atoms. The van der Waals surface area contributed by atoms with Gasteiger partial charge in [0.1, 0.15) is 5.56 Å². The van der Waals surface area contributed by atoms with Crippen LogP contribution in [0.25, 0.3) is 11.1 Å².